The van der Waals surface area contributed by atoms with Gasteiger partial charge in [-0.1, -0.05) is 18.2 Å². The molecule has 26 heavy (non-hydrogen) atoms. The highest BCUT2D eigenvalue weighted by Gasteiger charge is 2.19. The van der Waals surface area contributed by atoms with Crippen molar-refractivity contribution in [3.8, 4) is 9.88 Å². The molecule has 0 radical (unpaired) electrons. The molecule has 8 heteroatoms. The number of aromatic nitrogens is 3. The summed E-state index contributed by atoms with van der Waals surface area (Å²) < 4.78 is 5.43. The van der Waals surface area contributed by atoms with Crippen LogP contribution in [0.5, 0.6) is 0 Å². The number of H-pyrrole nitrogens is 1. The molecule has 1 N–H and O–H groups in total. The third kappa shape index (κ3) is 3.16. The molecular formula is C18H13N3O3S2. The monoisotopic (exact) mass is 383 g/mol. The molecule has 0 spiro atoms. The van der Waals surface area contributed by atoms with Gasteiger partial charge in [-0.15, -0.1) is 22.7 Å². The molecule has 1 aromatic carbocycles. The van der Waals surface area contributed by atoms with Gasteiger partial charge in [0.15, 0.2) is 17.6 Å². The molecule has 0 bridgehead atoms. The first-order valence-electron chi connectivity index (χ1n) is 7.81. The molecule has 0 aliphatic heterocycles. The molecule has 4 aromatic rings. The van der Waals surface area contributed by atoms with Crippen molar-refractivity contribution >= 4 is 39.5 Å². The summed E-state index contributed by atoms with van der Waals surface area (Å²) in [5, 5.41) is 4.89. The molecule has 3 aromatic heterocycles. The maximum atomic E-state index is 12.4. The summed E-state index contributed by atoms with van der Waals surface area (Å²) in [7, 11) is 0. The molecule has 6 nitrogen and oxygen atoms in total. The van der Waals surface area contributed by atoms with Crippen LogP contribution in [0, 0.1) is 0 Å². The van der Waals surface area contributed by atoms with Crippen LogP contribution in [0.15, 0.2) is 52.0 Å². The molecular weight excluding hydrogens is 370 g/mol. The van der Waals surface area contributed by atoms with Gasteiger partial charge in [0.1, 0.15) is 5.01 Å². The number of aromatic amines is 1. The zero-order valence-corrected chi connectivity index (χ0v) is 15.3. The van der Waals surface area contributed by atoms with Gasteiger partial charge in [-0.2, -0.15) is 0 Å². The Kier molecular flexibility index (Phi) is 4.36. The number of carbonyl (C=O) groups is 1. The number of thiazole rings is 1. The zero-order valence-electron chi connectivity index (χ0n) is 13.6. The highest BCUT2D eigenvalue weighted by molar-refractivity contribution is 7.20. The molecule has 0 saturated carbocycles. The number of hydrogen-bond acceptors (Lipinski definition) is 7. The van der Waals surface area contributed by atoms with E-state index in [1.165, 1.54) is 11.3 Å². The zero-order chi connectivity index (χ0) is 18.1. The first-order chi connectivity index (χ1) is 12.6. The van der Waals surface area contributed by atoms with E-state index in [-0.39, 0.29) is 11.3 Å². The minimum Gasteiger partial charge on any atom is -0.450 e. The van der Waals surface area contributed by atoms with E-state index < -0.39 is 12.1 Å². The second-order valence-corrected chi connectivity index (χ2v) is 7.34. The summed E-state index contributed by atoms with van der Waals surface area (Å²) in [6, 6.07) is 10.9. The van der Waals surface area contributed by atoms with E-state index in [0.717, 1.165) is 9.88 Å². The molecule has 3 heterocycles. The van der Waals surface area contributed by atoms with E-state index in [4.69, 9.17) is 4.74 Å². The van der Waals surface area contributed by atoms with Crippen LogP contribution in [-0.4, -0.2) is 20.9 Å². The first kappa shape index (κ1) is 16.6. The summed E-state index contributed by atoms with van der Waals surface area (Å²) >= 11 is 2.95. The predicted octanol–water partition coefficient (Wildman–Crippen LogP) is 4.03. The van der Waals surface area contributed by atoms with E-state index in [1.807, 2.05) is 17.5 Å². The van der Waals surface area contributed by atoms with Crippen LogP contribution >= 0.6 is 22.7 Å². The van der Waals surface area contributed by atoms with E-state index in [0.29, 0.717) is 16.7 Å². The van der Waals surface area contributed by atoms with Crippen LogP contribution in [-0.2, 0) is 4.74 Å². The van der Waals surface area contributed by atoms with Gasteiger partial charge >= 0.3 is 5.97 Å². The minimum atomic E-state index is -0.702. The number of nitrogens with zero attached hydrogens (tertiary/aromatic N) is 2. The number of ether oxygens (including phenoxy) is 1. The third-order valence-electron chi connectivity index (χ3n) is 3.75. The van der Waals surface area contributed by atoms with Crippen molar-refractivity contribution in [2.45, 2.75) is 13.0 Å². The molecule has 0 aliphatic carbocycles. The molecule has 0 unspecified atom stereocenters. The Morgan fingerprint density at radius 3 is 2.81 bits per heavy atom. The van der Waals surface area contributed by atoms with E-state index in [9.17, 15) is 9.59 Å². The van der Waals surface area contributed by atoms with Crippen molar-refractivity contribution in [2.24, 2.45) is 0 Å². The quantitative estimate of drug-likeness (QED) is 0.538. The average Bonchev–Trinajstić information content (AvgIpc) is 3.33. The van der Waals surface area contributed by atoms with Crippen molar-refractivity contribution in [2.75, 3.05) is 0 Å². The fourth-order valence-corrected chi connectivity index (χ4v) is 4.06. The Morgan fingerprint density at radius 2 is 2.00 bits per heavy atom. The number of fused-ring (bicyclic) bond motifs is 1. The van der Waals surface area contributed by atoms with E-state index in [2.05, 4.69) is 15.0 Å². The van der Waals surface area contributed by atoms with E-state index in [1.54, 1.807) is 47.9 Å². The molecule has 0 amide bonds. The topological polar surface area (TPSA) is 84.9 Å². The number of esters is 1. The van der Waals surface area contributed by atoms with Crippen LogP contribution in [0.2, 0.25) is 0 Å². The van der Waals surface area contributed by atoms with Gasteiger partial charge < -0.3 is 9.72 Å². The summed E-state index contributed by atoms with van der Waals surface area (Å²) in [4.78, 5) is 36.9. The maximum absolute atomic E-state index is 12.4. The largest absolute Gasteiger partial charge is 0.450 e. The van der Waals surface area contributed by atoms with Crippen molar-refractivity contribution in [3.05, 3.63) is 69.0 Å². The lowest BCUT2D eigenvalue weighted by Gasteiger charge is -2.12. The van der Waals surface area contributed by atoms with Gasteiger partial charge in [-0.05, 0) is 30.5 Å². The second-order valence-electron chi connectivity index (χ2n) is 5.53. The second kappa shape index (κ2) is 6.81. The van der Waals surface area contributed by atoms with E-state index >= 15 is 0 Å². The summed E-state index contributed by atoms with van der Waals surface area (Å²) in [5.41, 5.74) is 0.540. The Morgan fingerprint density at radius 1 is 1.15 bits per heavy atom. The molecule has 130 valence electrons. The van der Waals surface area contributed by atoms with Gasteiger partial charge in [0.05, 0.1) is 15.8 Å². The number of carbonyl (C=O) groups excluding carboxylic acids is 1. The Balaban J connectivity index is 1.55. The van der Waals surface area contributed by atoms with Crippen LogP contribution in [0.4, 0.5) is 0 Å². The fraction of sp³-hybridized carbons (Fsp3) is 0.111. The number of benzene rings is 1. The summed E-state index contributed by atoms with van der Waals surface area (Å²) in [6.45, 7) is 1.66. The van der Waals surface area contributed by atoms with Crippen molar-refractivity contribution < 1.29 is 9.53 Å². The number of para-hydroxylation sites is 1. The lowest BCUT2D eigenvalue weighted by Crippen LogP contribution is -2.17. The summed E-state index contributed by atoms with van der Waals surface area (Å²) in [5.74, 6) is -0.247. The normalized spacial score (nSPS) is 12.2. The van der Waals surface area contributed by atoms with Crippen molar-refractivity contribution in [3.63, 3.8) is 0 Å². The standard InChI is InChI=1S/C18H13N3O3S2/c1-10(15-19-12-6-3-2-5-11(12)16(22)21-15)24-18(23)13-9-26-17(20-13)14-7-4-8-25-14/h2-10H,1H3,(H,19,21,22)/t10-/m1/s1. The number of thiophene rings is 1. The van der Waals surface area contributed by atoms with Crippen molar-refractivity contribution in [1.29, 1.82) is 0 Å². The Labute approximate surface area is 156 Å². The smallest absolute Gasteiger partial charge is 0.358 e. The maximum Gasteiger partial charge on any atom is 0.358 e. The summed E-state index contributed by atoms with van der Waals surface area (Å²) in [6.07, 6.45) is -0.702. The van der Waals surface area contributed by atoms with Crippen LogP contribution in [0.1, 0.15) is 29.3 Å². The fourth-order valence-electron chi connectivity index (χ4n) is 2.45. The van der Waals surface area contributed by atoms with Gasteiger partial charge in [0, 0.05) is 5.38 Å². The average molecular weight is 383 g/mol. The minimum absolute atomic E-state index is 0.244. The Bertz CT molecular complexity index is 1130. The lowest BCUT2D eigenvalue weighted by molar-refractivity contribution is 0.0314. The SMILES string of the molecule is C[C@@H](OC(=O)c1csc(-c2cccs2)n1)c1nc2ccccc2c(=O)[nH]1. The van der Waals surface area contributed by atoms with Gasteiger partial charge in [-0.3, -0.25) is 4.79 Å². The predicted molar refractivity (Wildman–Crippen MR) is 102 cm³/mol. The number of rotatable bonds is 4. The first-order valence-corrected chi connectivity index (χ1v) is 9.57. The third-order valence-corrected chi connectivity index (χ3v) is 5.63. The van der Waals surface area contributed by atoms with Gasteiger partial charge in [-0.25, -0.2) is 14.8 Å². The van der Waals surface area contributed by atoms with Crippen molar-refractivity contribution in [1.82, 2.24) is 15.0 Å². The molecule has 0 saturated heterocycles. The molecule has 0 aliphatic rings. The molecule has 1 atom stereocenters. The molecule has 0 fully saturated rings. The molecule has 4 rings (SSSR count). The Hall–Kier alpha value is -2.84. The number of hydrogen-bond donors (Lipinski definition) is 1. The number of nitrogens with one attached hydrogen (secondary N) is 1. The van der Waals surface area contributed by atoms with Gasteiger partial charge in [0.25, 0.3) is 5.56 Å². The lowest BCUT2D eigenvalue weighted by atomic mass is 10.2. The van der Waals surface area contributed by atoms with Gasteiger partial charge in [0.2, 0.25) is 0 Å². The highest BCUT2D eigenvalue weighted by atomic mass is 32.1. The van der Waals surface area contributed by atoms with Crippen LogP contribution in [0.25, 0.3) is 20.8 Å². The van der Waals surface area contributed by atoms with Crippen LogP contribution < -0.4 is 5.56 Å². The highest BCUT2D eigenvalue weighted by Crippen LogP contribution is 2.28. The van der Waals surface area contributed by atoms with Crippen LogP contribution in [0.3, 0.4) is 0 Å².